The number of rotatable bonds is 2. The Morgan fingerprint density at radius 2 is 1.85 bits per heavy atom. The second-order valence-electron chi connectivity index (χ2n) is 4.53. The molecule has 104 valence electrons. The summed E-state index contributed by atoms with van der Waals surface area (Å²) in [5, 5.41) is 6.78. The van der Waals surface area contributed by atoms with Crippen molar-refractivity contribution in [3.63, 3.8) is 0 Å². The van der Waals surface area contributed by atoms with Crippen molar-refractivity contribution in [2.45, 2.75) is 13.8 Å². The van der Waals surface area contributed by atoms with Crippen molar-refractivity contribution in [2.75, 3.05) is 10.6 Å². The van der Waals surface area contributed by atoms with Gasteiger partial charge in [-0.3, -0.25) is 0 Å². The van der Waals surface area contributed by atoms with Crippen LogP contribution in [-0.2, 0) is 0 Å². The van der Waals surface area contributed by atoms with E-state index >= 15 is 0 Å². The summed E-state index contributed by atoms with van der Waals surface area (Å²) >= 11 is 11.2. The maximum Gasteiger partial charge on any atom is 0.175 e. The van der Waals surface area contributed by atoms with E-state index in [9.17, 15) is 4.39 Å². The maximum atomic E-state index is 13.6. The first-order valence-corrected chi connectivity index (χ1v) is 6.84. The minimum absolute atomic E-state index is 0.314. The summed E-state index contributed by atoms with van der Waals surface area (Å²) in [7, 11) is 0. The summed E-state index contributed by atoms with van der Waals surface area (Å²) in [5.74, 6) is -0.346. The van der Waals surface area contributed by atoms with Crippen LogP contribution in [0.15, 0.2) is 36.4 Å². The van der Waals surface area contributed by atoms with Crippen molar-refractivity contribution < 1.29 is 4.39 Å². The van der Waals surface area contributed by atoms with Crippen LogP contribution in [0, 0.1) is 19.7 Å². The lowest BCUT2D eigenvalue weighted by molar-refractivity contribution is 0.632. The second-order valence-corrected chi connectivity index (χ2v) is 5.34. The number of halogens is 2. The van der Waals surface area contributed by atoms with Gasteiger partial charge in [0.05, 0.1) is 5.69 Å². The van der Waals surface area contributed by atoms with Crippen molar-refractivity contribution >= 4 is 40.3 Å². The molecule has 0 aromatic heterocycles. The van der Waals surface area contributed by atoms with Gasteiger partial charge in [0.2, 0.25) is 0 Å². The molecule has 0 aliphatic rings. The highest BCUT2D eigenvalue weighted by Crippen LogP contribution is 2.21. The average Bonchev–Trinajstić information content (AvgIpc) is 2.38. The van der Waals surface area contributed by atoms with Crippen LogP contribution >= 0.6 is 23.8 Å². The van der Waals surface area contributed by atoms with Gasteiger partial charge in [0, 0.05) is 10.7 Å². The highest BCUT2D eigenvalue weighted by atomic mass is 35.5. The molecule has 0 saturated heterocycles. The van der Waals surface area contributed by atoms with Crippen LogP contribution < -0.4 is 10.6 Å². The predicted molar refractivity (Wildman–Crippen MR) is 87.2 cm³/mol. The third kappa shape index (κ3) is 3.68. The van der Waals surface area contributed by atoms with Gasteiger partial charge in [-0.05, 0) is 61.5 Å². The molecule has 0 unspecified atom stereocenters. The monoisotopic (exact) mass is 308 g/mol. The molecule has 2 N–H and O–H groups in total. The number of thiocarbonyl (C=S) groups is 1. The van der Waals surface area contributed by atoms with Gasteiger partial charge in [0.15, 0.2) is 5.11 Å². The van der Waals surface area contributed by atoms with Crippen LogP contribution in [0.1, 0.15) is 11.1 Å². The van der Waals surface area contributed by atoms with E-state index in [1.165, 1.54) is 6.07 Å². The minimum atomic E-state index is -0.346. The zero-order chi connectivity index (χ0) is 14.7. The molecule has 0 fully saturated rings. The molecule has 2 nitrogen and oxygen atoms in total. The third-order valence-corrected chi connectivity index (χ3v) is 3.41. The summed E-state index contributed by atoms with van der Waals surface area (Å²) in [6, 6.07) is 10.3. The zero-order valence-electron chi connectivity index (χ0n) is 11.1. The Morgan fingerprint density at radius 1 is 1.10 bits per heavy atom. The van der Waals surface area contributed by atoms with E-state index in [-0.39, 0.29) is 5.82 Å². The Morgan fingerprint density at radius 3 is 2.55 bits per heavy atom. The maximum absolute atomic E-state index is 13.6. The van der Waals surface area contributed by atoms with Gasteiger partial charge in [0.25, 0.3) is 0 Å². The number of nitrogens with one attached hydrogen (secondary N) is 2. The normalized spacial score (nSPS) is 10.2. The minimum Gasteiger partial charge on any atom is -0.332 e. The van der Waals surface area contributed by atoms with E-state index in [1.807, 2.05) is 26.0 Å². The molecule has 0 heterocycles. The number of benzene rings is 2. The fraction of sp³-hybridized carbons (Fsp3) is 0.133. The van der Waals surface area contributed by atoms with Crippen molar-refractivity contribution in [3.05, 3.63) is 58.4 Å². The Hall–Kier alpha value is -1.65. The largest absolute Gasteiger partial charge is 0.332 e. The average molecular weight is 309 g/mol. The zero-order valence-corrected chi connectivity index (χ0v) is 12.7. The van der Waals surface area contributed by atoms with Gasteiger partial charge >= 0.3 is 0 Å². The summed E-state index contributed by atoms with van der Waals surface area (Å²) in [4.78, 5) is 0. The van der Waals surface area contributed by atoms with Crippen molar-refractivity contribution in [3.8, 4) is 0 Å². The van der Waals surface area contributed by atoms with Gasteiger partial charge in [0.1, 0.15) is 5.82 Å². The van der Waals surface area contributed by atoms with Gasteiger partial charge in [-0.15, -0.1) is 0 Å². The molecule has 2 aromatic carbocycles. The molecule has 0 spiro atoms. The predicted octanol–water partition coefficient (Wildman–Crippen LogP) is 4.90. The lowest BCUT2D eigenvalue weighted by Crippen LogP contribution is -2.19. The number of hydrogen-bond donors (Lipinski definition) is 2. The Kier molecular flexibility index (Phi) is 4.57. The molecular weight excluding hydrogens is 295 g/mol. The molecular formula is C15H14ClFN2S. The molecule has 2 rings (SSSR count). The standard InChI is InChI=1S/C15H14ClFN2S/c1-9-3-6-13(17)14(7-9)19-15(20)18-11-5-4-10(2)12(16)8-11/h3-8H,1-2H3,(H2,18,19,20). The highest BCUT2D eigenvalue weighted by Gasteiger charge is 2.05. The van der Waals surface area contributed by atoms with Crippen molar-refractivity contribution in [2.24, 2.45) is 0 Å². The summed E-state index contributed by atoms with van der Waals surface area (Å²) in [6.45, 7) is 3.81. The van der Waals surface area contributed by atoms with E-state index in [0.717, 1.165) is 16.8 Å². The molecule has 0 amide bonds. The molecule has 0 aliphatic carbocycles. The van der Waals surface area contributed by atoms with Crippen LogP contribution in [-0.4, -0.2) is 5.11 Å². The second kappa shape index (κ2) is 6.20. The van der Waals surface area contributed by atoms with Crippen LogP contribution in [0.25, 0.3) is 0 Å². The fourth-order valence-corrected chi connectivity index (χ4v) is 2.10. The lowest BCUT2D eigenvalue weighted by Gasteiger charge is -2.12. The van der Waals surface area contributed by atoms with Crippen LogP contribution in [0.2, 0.25) is 5.02 Å². The number of aryl methyl sites for hydroxylation is 2. The molecule has 0 saturated carbocycles. The molecule has 0 radical (unpaired) electrons. The first-order chi connectivity index (χ1) is 9.45. The molecule has 0 aliphatic heterocycles. The lowest BCUT2D eigenvalue weighted by atomic mass is 10.2. The van der Waals surface area contributed by atoms with E-state index < -0.39 is 0 Å². The van der Waals surface area contributed by atoms with Crippen molar-refractivity contribution in [1.82, 2.24) is 0 Å². The molecule has 0 bridgehead atoms. The Bertz CT molecular complexity index is 658. The Balaban J connectivity index is 2.09. The van der Waals surface area contributed by atoms with Gasteiger partial charge in [-0.25, -0.2) is 4.39 Å². The molecule has 20 heavy (non-hydrogen) atoms. The van der Waals surface area contributed by atoms with Crippen molar-refractivity contribution in [1.29, 1.82) is 0 Å². The smallest absolute Gasteiger partial charge is 0.175 e. The summed E-state index contributed by atoms with van der Waals surface area (Å²) < 4.78 is 13.6. The Labute approximate surface area is 128 Å². The van der Waals surface area contributed by atoms with E-state index in [0.29, 0.717) is 15.8 Å². The number of anilines is 2. The molecule has 5 heteroatoms. The quantitative estimate of drug-likeness (QED) is 0.771. The number of hydrogen-bond acceptors (Lipinski definition) is 1. The van der Waals surface area contributed by atoms with Gasteiger partial charge in [-0.2, -0.15) is 0 Å². The summed E-state index contributed by atoms with van der Waals surface area (Å²) in [6.07, 6.45) is 0. The summed E-state index contributed by atoms with van der Waals surface area (Å²) in [5.41, 5.74) is 3.04. The van der Waals surface area contributed by atoms with Crippen LogP contribution in [0.3, 0.4) is 0 Å². The van der Waals surface area contributed by atoms with Crippen LogP contribution in [0.5, 0.6) is 0 Å². The van der Waals surface area contributed by atoms with E-state index in [4.69, 9.17) is 23.8 Å². The van der Waals surface area contributed by atoms with Gasteiger partial charge < -0.3 is 10.6 Å². The van der Waals surface area contributed by atoms with E-state index in [2.05, 4.69) is 10.6 Å². The van der Waals surface area contributed by atoms with Gasteiger partial charge in [-0.1, -0.05) is 23.7 Å². The molecule has 0 atom stereocenters. The first-order valence-electron chi connectivity index (χ1n) is 6.06. The van der Waals surface area contributed by atoms with E-state index in [1.54, 1.807) is 18.2 Å². The highest BCUT2D eigenvalue weighted by molar-refractivity contribution is 7.80. The fourth-order valence-electron chi connectivity index (χ4n) is 1.69. The third-order valence-electron chi connectivity index (χ3n) is 2.80. The van der Waals surface area contributed by atoms with Crippen LogP contribution in [0.4, 0.5) is 15.8 Å². The topological polar surface area (TPSA) is 24.1 Å². The molecule has 2 aromatic rings. The first kappa shape index (κ1) is 14.8. The SMILES string of the molecule is Cc1ccc(F)c(NC(=S)Nc2ccc(C)c(Cl)c2)c1.